The van der Waals surface area contributed by atoms with E-state index >= 15 is 0 Å². The number of fused-ring (bicyclic) bond motifs is 1. The van der Waals surface area contributed by atoms with E-state index in [1.54, 1.807) is 18.2 Å². The van der Waals surface area contributed by atoms with E-state index in [0.717, 1.165) is 18.5 Å². The molecule has 3 N–H and O–H groups in total. The number of nitro groups is 1. The molecule has 0 spiro atoms. The van der Waals surface area contributed by atoms with Crippen molar-refractivity contribution in [2.24, 2.45) is 0 Å². The number of hydrogen-bond acceptors (Lipinski definition) is 8. The highest BCUT2D eigenvalue weighted by Gasteiger charge is 2.13. The van der Waals surface area contributed by atoms with Gasteiger partial charge in [-0.1, -0.05) is 12.1 Å². The molecule has 1 aromatic heterocycles. The van der Waals surface area contributed by atoms with Gasteiger partial charge in [0.25, 0.3) is 5.69 Å². The molecule has 1 heterocycles. The molecule has 3 aromatic rings. The number of phenols is 1. The third-order valence-electron chi connectivity index (χ3n) is 4.33. The van der Waals surface area contributed by atoms with E-state index in [4.69, 9.17) is 0 Å². The van der Waals surface area contributed by atoms with Gasteiger partial charge >= 0.3 is 0 Å². The van der Waals surface area contributed by atoms with Gasteiger partial charge in [-0.15, -0.1) is 0 Å². The Kier molecular flexibility index (Phi) is 6.40. The first-order valence-electron chi connectivity index (χ1n) is 9.29. The molecule has 2 aromatic carbocycles. The van der Waals surface area contributed by atoms with Crippen molar-refractivity contribution in [3.05, 3.63) is 58.1 Å². The summed E-state index contributed by atoms with van der Waals surface area (Å²) in [6.07, 6.45) is 0.916. The number of non-ortho nitro benzene ring substituents is 1. The van der Waals surface area contributed by atoms with Gasteiger partial charge in [-0.05, 0) is 50.8 Å². The van der Waals surface area contributed by atoms with Crippen molar-refractivity contribution in [1.82, 2.24) is 14.9 Å². The van der Waals surface area contributed by atoms with E-state index in [1.807, 2.05) is 26.2 Å². The molecule has 9 heteroatoms. The molecule has 0 amide bonds. The average Bonchev–Trinajstić information content (AvgIpc) is 2.70. The van der Waals surface area contributed by atoms with Gasteiger partial charge in [0, 0.05) is 25.2 Å². The highest BCUT2D eigenvalue weighted by molar-refractivity contribution is 5.82. The lowest BCUT2D eigenvalue weighted by atomic mass is 10.2. The Bertz CT molecular complexity index is 991. The molecule has 0 bridgehead atoms. The summed E-state index contributed by atoms with van der Waals surface area (Å²) in [4.78, 5) is 21.9. The summed E-state index contributed by atoms with van der Waals surface area (Å²) in [7, 11) is 4.03. The van der Waals surface area contributed by atoms with Crippen LogP contribution < -0.4 is 10.6 Å². The third kappa shape index (κ3) is 5.52. The first-order valence-corrected chi connectivity index (χ1v) is 9.29. The molecule has 0 aliphatic heterocycles. The van der Waals surface area contributed by atoms with Crippen LogP contribution in [-0.4, -0.2) is 52.1 Å². The molecule has 0 fully saturated rings. The number of aromatic nitrogens is 2. The monoisotopic (exact) mass is 396 g/mol. The highest BCUT2D eigenvalue weighted by atomic mass is 16.6. The normalized spacial score (nSPS) is 11.0. The molecule has 3 rings (SSSR count). The van der Waals surface area contributed by atoms with E-state index in [-0.39, 0.29) is 11.4 Å². The topological polar surface area (TPSA) is 116 Å². The van der Waals surface area contributed by atoms with E-state index in [1.165, 1.54) is 12.1 Å². The van der Waals surface area contributed by atoms with Crippen molar-refractivity contribution in [1.29, 1.82) is 0 Å². The molecule has 0 aliphatic carbocycles. The average molecular weight is 396 g/mol. The molecule has 0 aliphatic rings. The van der Waals surface area contributed by atoms with Crippen LogP contribution >= 0.6 is 0 Å². The zero-order valence-corrected chi connectivity index (χ0v) is 16.4. The van der Waals surface area contributed by atoms with Crippen molar-refractivity contribution in [3.63, 3.8) is 0 Å². The third-order valence-corrected chi connectivity index (χ3v) is 4.33. The first kappa shape index (κ1) is 20.3. The van der Waals surface area contributed by atoms with Gasteiger partial charge in [-0.2, -0.15) is 0 Å². The van der Waals surface area contributed by atoms with Crippen molar-refractivity contribution in [3.8, 4) is 5.75 Å². The summed E-state index contributed by atoms with van der Waals surface area (Å²) in [6.45, 7) is 2.12. The summed E-state index contributed by atoms with van der Waals surface area (Å²) in [6, 6.07) is 11.4. The molecular weight excluding hydrogens is 372 g/mol. The molecule has 9 nitrogen and oxygen atoms in total. The minimum Gasteiger partial charge on any atom is -0.508 e. The Morgan fingerprint density at radius 3 is 2.41 bits per heavy atom. The highest BCUT2D eigenvalue weighted by Crippen LogP contribution is 2.25. The molecule has 152 valence electrons. The van der Waals surface area contributed by atoms with Crippen molar-refractivity contribution in [2.45, 2.75) is 13.0 Å². The lowest BCUT2D eigenvalue weighted by Gasteiger charge is -2.14. The SMILES string of the molecule is CN(C)CCCNc1nc2cc([N+](=O)[O-])ccc2nc1NCc1ccc(O)cc1. The zero-order chi connectivity index (χ0) is 20.8. The minimum atomic E-state index is -0.442. The van der Waals surface area contributed by atoms with Crippen molar-refractivity contribution < 1.29 is 10.0 Å². The number of rotatable bonds is 9. The molecule has 29 heavy (non-hydrogen) atoms. The molecule has 0 saturated heterocycles. The predicted molar refractivity (Wildman–Crippen MR) is 113 cm³/mol. The molecular formula is C20H24N6O3. The number of nitrogens with zero attached hydrogens (tertiary/aromatic N) is 4. The van der Waals surface area contributed by atoms with E-state index < -0.39 is 4.92 Å². The lowest BCUT2D eigenvalue weighted by Crippen LogP contribution is -2.17. The first-order chi connectivity index (χ1) is 13.9. The van der Waals surface area contributed by atoms with Crippen LogP contribution in [0.15, 0.2) is 42.5 Å². The fraction of sp³-hybridized carbons (Fsp3) is 0.300. The maximum absolute atomic E-state index is 11.1. The Morgan fingerprint density at radius 2 is 1.72 bits per heavy atom. The largest absolute Gasteiger partial charge is 0.508 e. The van der Waals surface area contributed by atoms with Crippen LogP contribution in [0.25, 0.3) is 11.0 Å². The standard InChI is InChI=1S/C20H24N6O3/c1-25(2)11-3-10-21-19-20(22-13-14-4-7-16(27)8-5-14)23-17-9-6-15(26(28)29)12-18(17)24-19/h4-9,12,27H,3,10-11,13H2,1-2H3,(H,21,24)(H,22,23). The van der Waals surface area contributed by atoms with Crippen LogP contribution in [0.3, 0.4) is 0 Å². The molecule has 0 atom stereocenters. The van der Waals surface area contributed by atoms with E-state index in [0.29, 0.717) is 35.8 Å². The van der Waals surface area contributed by atoms with Gasteiger partial charge < -0.3 is 20.6 Å². The predicted octanol–water partition coefficient (Wildman–Crippen LogP) is 3.22. The number of benzene rings is 2. The summed E-state index contributed by atoms with van der Waals surface area (Å²) in [5.41, 5.74) is 1.99. The number of nitro benzene ring substituents is 1. The second kappa shape index (κ2) is 9.16. The van der Waals surface area contributed by atoms with Gasteiger partial charge in [-0.3, -0.25) is 10.1 Å². The second-order valence-electron chi connectivity index (χ2n) is 6.95. The summed E-state index contributed by atoms with van der Waals surface area (Å²) < 4.78 is 0. The Labute approximate surface area is 168 Å². The van der Waals surface area contributed by atoms with Gasteiger partial charge in [0.1, 0.15) is 5.75 Å². The summed E-state index contributed by atoms with van der Waals surface area (Å²) in [5.74, 6) is 1.34. The molecule has 0 radical (unpaired) electrons. The van der Waals surface area contributed by atoms with Crippen LogP contribution in [0.4, 0.5) is 17.3 Å². The van der Waals surface area contributed by atoms with E-state index in [2.05, 4.69) is 25.5 Å². The maximum Gasteiger partial charge on any atom is 0.271 e. The number of anilines is 2. The van der Waals surface area contributed by atoms with E-state index in [9.17, 15) is 15.2 Å². The fourth-order valence-electron chi connectivity index (χ4n) is 2.80. The van der Waals surface area contributed by atoms with Crippen LogP contribution in [-0.2, 0) is 6.54 Å². The minimum absolute atomic E-state index is 0.0184. The summed E-state index contributed by atoms with van der Waals surface area (Å²) >= 11 is 0. The quantitative estimate of drug-likeness (QED) is 0.287. The smallest absolute Gasteiger partial charge is 0.271 e. The van der Waals surface area contributed by atoms with Crippen LogP contribution in [0.5, 0.6) is 5.75 Å². The number of hydrogen-bond donors (Lipinski definition) is 3. The van der Waals surface area contributed by atoms with Gasteiger partial charge in [0.05, 0.1) is 16.0 Å². The molecule has 0 saturated carbocycles. The van der Waals surface area contributed by atoms with Crippen molar-refractivity contribution in [2.75, 3.05) is 37.8 Å². The van der Waals surface area contributed by atoms with Gasteiger partial charge in [0.15, 0.2) is 11.6 Å². The number of aromatic hydroxyl groups is 1. The zero-order valence-electron chi connectivity index (χ0n) is 16.4. The fourth-order valence-corrected chi connectivity index (χ4v) is 2.80. The Balaban J connectivity index is 1.85. The maximum atomic E-state index is 11.1. The van der Waals surface area contributed by atoms with Crippen LogP contribution in [0, 0.1) is 10.1 Å². The Morgan fingerprint density at radius 1 is 1.03 bits per heavy atom. The van der Waals surface area contributed by atoms with Gasteiger partial charge in [0.2, 0.25) is 0 Å². The number of phenolic OH excluding ortho intramolecular Hbond substituents is 1. The van der Waals surface area contributed by atoms with Crippen LogP contribution in [0.1, 0.15) is 12.0 Å². The second-order valence-corrected chi connectivity index (χ2v) is 6.95. The lowest BCUT2D eigenvalue weighted by molar-refractivity contribution is -0.384. The Hall–Kier alpha value is -3.46. The molecule has 0 unspecified atom stereocenters. The number of nitrogens with one attached hydrogen (secondary N) is 2. The van der Waals surface area contributed by atoms with Gasteiger partial charge in [-0.25, -0.2) is 9.97 Å². The van der Waals surface area contributed by atoms with Crippen LogP contribution in [0.2, 0.25) is 0 Å². The summed E-state index contributed by atoms with van der Waals surface area (Å²) in [5, 5.41) is 27.0. The van der Waals surface area contributed by atoms with Crippen molar-refractivity contribution >= 4 is 28.4 Å².